The van der Waals surface area contributed by atoms with E-state index in [-0.39, 0.29) is 11.1 Å². The van der Waals surface area contributed by atoms with E-state index in [2.05, 4.69) is 10.2 Å². The second kappa shape index (κ2) is 13.4. The van der Waals surface area contributed by atoms with Gasteiger partial charge in [-0.1, -0.05) is 45.0 Å². The van der Waals surface area contributed by atoms with Gasteiger partial charge in [-0.3, -0.25) is 14.4 Å². The Hall–Kier alpha value is -3.26. The van der Waals surface area contributed by atoms with Gasteiger partial charge in [-0.25, -0.2) is 9.49 Å². The maximum absolute atomic E-state index is 14.4. The van der Waals surface area contributed by atoms with Gasteiger partial charge in [0.25, 0.3) is 11.5 Å². The summed E-state index contributed by atoms with van der Waals surface area (Å²) < 4.78 is 14.4. The van der Waals surface area contributed by atoms with Crippen LogP contribution in [0.3, 0.4) is 0 Å². The van der Waals surface area contributed by atoms with E-state index in [0.717, 1.165) is 17.7 Å². The number of hydrogen-bond acceptors (Lipinski definition) is 4. The summed E-state index contributed by atoms with van der Waals surface area (Å²) in [5.41, 5.74) is 1.08. The molecule has 1 aliphatic heterocycles. The van der Waals surface area contributed by atoms with Crippen LogP contribution in [0.4, 0.5) is 4.39 Å². The number of piperazine rings is 1. The predicted molar refractivity (Wildman–Crippen MR) is 133 cm³/mol. The van der Waals surface area contributed by atoms with Crippen LogP contribution >= 0.6 is 11.6 Å². The third-order valence-corrected chi connectivity index (χ3v) is 5.16. The summed E-state index contributed by atoms with van der Waals surface area (Å²) in [7, 11) is 0. The second-order valence-corrected chi connectivity index (χ2v) is 7.77. The highest BCUT2D eigenvalue weighted by Gasteiger charge is 2.24. The summed E-state index contributed by atoms with van der Waals surface area (Å²) in [5, 5.41) is 7.88. The van der Waals surface area contributed by atoms with Crippen molar-refractivity contribution in [2.45, 2.75) is 27.2 Å². The minimum absolute atomic E-state index is 0.00390. The molecule has 2 amide bonds. The van der Waals surface area contributed by atoms with Gasteiger partial charge in [0.15, 0.2) is 0 Å². The van der Waals surface area contributed by atoms with Crippen molar-refractivity contribution in [2.24, 2.45) is 0 Å². The number of halogens is 2. The predicted octanol–water partition coefficient (Wildman–Crippen LogP) is 3.84. The molecule has 0 radical (unpaired) electrons. The van der Waals surface area contributed by atoms with Crippen LogP contribution in [-0.4, -0.2) is 64.4 Å². The lowest BCUT2D eigenvalue weighted by Gasteiger charge is -2.32. The molecule has 182 valence electrons. The first kappa shape index (κ1) is 27.0. The normalized spacial score (nSPS) is 12.9. The summed E-state index contributed by atoms with van der Waals surface area (Å²) in [5.74, 6) is -0.259. The average Bonchev–Trinajstić information content (AvgIpc) is 2.88. The highest BCUT2D eigenvalue weighted by Crippen LogP contribution is 2.20. The molecule has 0 unspecified atom stereocenters. The van der Waals surface area contributed by atoms with Crippen molar-refractivity contribution in [3.05, 3.63) is 75.5 Å². The standard InChI is InChI=1S/C21H19FN4O3.C2H5Cl.C2H6/c22-18-6-5-14(11-17(18)21(29)26-9-7-25(13-27)8-10-26)12-19-15-3-1-2-4-16(15)20(28)24-23-19;1-2-3;1-2/h1-6,11,13H,7-10,12H2,(H,24,28);2H2,1H3;1-2H3. The molecule has 0 bridgehead atoms. The van der Waals surface area contributed by atoms with Crippen molar-refractivity contribution >= 4 is 34.7 Å². The van der Waals surface area contributed by atoms with Gasteiger partial charge >= 0.3 is 0 Å². The lowest BCUT2D eigenvalue weighted by Crippen LogP contribution is -2.48. The van der Waals surface area contributed by atoms with E-state index in [1.165, 1.54) is 12.1 Å². The van der Waals surface area contributed by atoms with E-state index in [9.17, 15) is 18.8 Å². The van der Waals surface area contributed by atoms with Gasteiger partial charge in [-0.2, -0.15) is 5.10 Å². The number of carbonyl (C=O) groups is 2. The monoisotopic (exact) mass is 488 g/mol. The highest BCUT2D eigenvalue weighted by atomic mass is 35.5. The van der Waals surface area contributed by atoms with Crippen LogP contribution in [0.5, 0.6) is 0 Å². The first-order valence-electron chi connectivity index (χ1n) is 11.3. The Bertz CT molecular complexity index is 1160. The van der Waals surface area contributed by atoms with Crippen LogP contribution in [0.25, 0.3) is 10.8 Å². The summed E-state index contributed by atoms with van der Waals surface area (Å²) in [4.78, 5) is 38.7. The van der Waals surface area contributed by atoms with E-state index in [0.29, 0.717) is 49.2 Å². The topological polar surface area (TPSA) is 86.4 Å². The van der Waals surface area contributed by atoms with Gasteiger partial charge in [0.05, 0.1) is 16.6 Å². The minimum atomic E-state index is -0.587. The van der Waals surface area contributed by atoms with E-state index in [1.54, 1.807) is 28.0 Å². The van der Waals surface area contributed by atoms with Crippen LogP contribution in [0.15, 0.2) is 47.3 Å². The number of nitrogens with one attached hydrogen (secondary N) is 1. The molecule has 2 heterocycles. The number of fused-ring (bicyclic) bond motifs is 1. The number of rotatable bonds is 4. The molecule has 1 N–H and O–H groups in total. The number of aromatic nitrogens is 2. The largest absolute Gasteiger partial charge is 0.342 e. The molecule has 1 fully saturated rings. The van der Waals surface area contributed by atoms with Gasteiger partial charge in [0.1, 0.15) is 5.82 Å². The number of alkyl halides is 1. The maximum atomic E-state index is 14.4. The number of H-pyrrole nitrogens is 1. The fourth-order valence-corrected chi connectivity index (χ4v) is 3.55. The van der Waals surface area contributed by atoms with Crippen LogP contribution in [0, 0.1) is 5.82 Å². The van der Waals surface area contributed by atoms with Crippen molar-refractivity contribution in [1.82, 2.24) is 20.0 Å². The molecule has 3 aromatic rings. The van der Waals surface area contributed by atoms with E-state index in [4.69, 9.17) is 11.6 Å². The number of aromatic amines is 1. The minimum Gasteiger partial charge on any atom is -0.342 e. The molecule has 0 spiro atoms. The molecule has 2 aromatic carbocycles. The molecule has 9 heteroatoms. The lowest BCUT2D eigenvalue weighted by molar-refractivity contribution is -0.119. The van der Waals surface area contributed by atoms with Crippen LogP contribution in [0.2, 0.25) is 0 Å². The van der Waals surface area contributed by atoms with E-state index in [1.807, 2.05) is 32.9 Å². The molecule has 0 atom stereocenters. The zero-order chi connectivity index (χ0) is 25.1. The highest BCUT2D eigenvalue weighted by molar-refractivity contribution is 6.17. The molecular formula is C25H30ClFN4O3. The van der Waals surface area contributed by atoms with Gasteiger partial charge in [-0.05, 0) is 23.8 Å². The van der Waals surface area contributed by atoms with Crippen molar-refractivity contribution in [3.8, 4) is 0 Å². The quantitative estimate of drug-likeness (QED) is 0.446. The fraction of sp³-hybridized carbons (Fsp3) is 0.360. The third kappa shape index (κ3) is 6.63. The summed E-state index contributed by atoms with van der Waals surface area (Å²) in [6, 6.07) is 11.6. The van der Waals surface area contributed by atoms with Gasteiger partial charge in [0.2, 0.25) is 6.41 Å². The molecule has 1 saturated heterocycles. The number of amides is 2. The SMILES string of the molecule is CC.CCCl.O=CN1CCN(C(=O)c2cc(Cc3n[nH]c(=O)c4ccccc34)ccc2F)CC1. The van der Waals surface area contributed by atoms with Crippen LogP contribution < -0.4 is 5.56 Å². The Kier molecular flexibility index (Phi) is 10.7. The van der Waals surface area contributed by atoms with Crippen molar-refractivity contribution in [2.75, 3.05) is 32.1 Å². The molecule has 0 saturated carbocycles. The molecule has 1 aromatic heterocycles. The number of nitrogens with zero attached hydrogens (tertiary/aromatic N) is 3. The fourth-order valence-electron chi connectivity index (χ4n) is 3.55. The first-order valence-corrected chi connectivity index (χ1v) is 11.8. The molecule has 0 aliphatic carbocycles. The smallest absolute Gasteiger partial charge is 0.272 e. The van der Waals surface area contributed by atoms with E-state index < -0.39 is 11.7 Å². The van der Waals surface area contributed by atoms with Crippen LogP contribution in [-0.2, 0) is 11.2 Å². The molecule has 1 aliphatic rings. The van der Waals surface area contributed by atoms with Gasteiger partial charge in [-0.15, -0.1) is 11.6 Å². The second-order valence-electron chi connectivity index (χ2n) is 7.24. The van der Waals surface area contributed by atoms with Gasteiger partial charge < -0.3 is 9.80 Å². The van der Waals surface area contributed by atoms with Crippen molar-refractivity contribution in [3.63, 3.8) is 0 Å². The number of hydrogen-bond donors (Lipinski definition) is 1. The molecular weight excluding hydrogens is 459 g/mol. The Balaban J connectivity index is 0.000000758. The zero-order valence-corrected chi connectivity index (χ0v) is 20.4. The summed E-state index contributed by atoms with van der Waals surface area (Å²) >= 11 is 5.00. The molecule has 4 rings (SSSR count). The molecule has 7 nitrogen and oxygen atoms in total. The Morgan fingerprint density at radius 2 is 1.74 bits per heavy atom. The van der Waals surface area contributed by atoms with Crippen molar-refractivity contribution < 1.29 is 14.0 Å². The summed E-state index contributed by atoms with van der Waals surface area (Å²) in [6.45, 7) is 7.50. The average molecular weight is 489 g/mol. The van der Waals surface area contributed by atoms with E-state index >= 15 is 0 Å². The summed E-state index contributed by atoms with van der Waals surface area (Å²) in [6.07, 6.45) is 1.10. The van der Waals surface area contributed by atoms with Crippen LogP contribution in [0.1, 0.15) is 42.4 Å². The Morgan fingerprint density at radius 1 is 1.12 bits per heavy atom. The van der Waals surface area contributed by atoms with Crippen molar-refractivity contribution in [1.29, 1.82) is 0 Å². The van der Waals surface area contributed by atoms with Gasteiger partial charge in [0, 0.05) is 43.9 Å². The lowest BCUT2D eigenvalue weighted by atomic mass is 10.0. The maximum Gasteiger partial charge on any atom is 0.272 e. The Labute approximate surface area is 203 Å². The number of carbonyl (C=O) groups excluding carboxylic acids is 2. The first-order chi connectivity index (χ1) is 16.5. The Morgan fingerprint density at radius 3 is 2.35 bits per heavy atom. The zero-order valence-electron chi connectivity index (χ0n) is 19.7. The third-order valence-electron chi connectivity index (χ3n) is 5.16. The number of benzene rings is 2. The molecule has 34 heavy (non-hydrogen) atoms.